The van der Waals surface area contributed by atoms with E-state index < -0.39 is 7.42 Å². The highest BCUT2D eigenvalue weighted by Crippen LogP contribution is 2.23. The largest absolute Gasteiger partial charge is 0.239 e. The molecule has 0 aliphatic carbocycles. The van der Waals surface area contributed by atoms with Gasteiger partial charge in [-0.15, -0.1) is 0 Å². The molecule has 0 bridgehead atoms. The van der Waals surface area contributed by atoms with E-state index in [4.69, 9.17) is 22.2 Å². The van der Waals surface area contributed by atoms with E-state index in [1.165, 1.54) is 38.5 Å². The quantitative estimate of drug-likeness (QED) is 0.343. The van der Waals surface area contributed by atoms with Crippen molar-refractivity contribution in [3.05, 3.63) is 0 Å². The van der Waals surface area contributed by atoms with Crippen molar-refractivity contribution in [2.75, 3.05) is 0 Å². The minimum atomic E-state index is -1.38. The van der Waals surface area contributed by atoms with Crippen molar-refractivity contribution in [3.8, 4) is 0 Å². The minimum Gasteiger partial charge on any atom is -0.150 e. The zero-order valence-corrected chi connectivity index (χ0v) is 10.8. The molecule has 0 N–H and O–H groups in total. The highest BCUT2D eigenvalue weighted by Gasteiger charge is 2.12. The molecule has 0 fully saturated rings. The molecule has 0 rings (SSSR count). The van der Waals surface area contributed by atoms with Crippen molar-refractivity contribution in [2.45, 2.75) is 57.9 Å². The number of unbranched alkanes of at least 4 members (excludes halogenated alkanes) is 4. The van der Waals surface area contributed by atoms with Crippen molar-refractivity contribution in [1.82, 2.24) is 0 Å². The Hall–Kier alpha value is 0.797. The van der Waals surface area contributed by atoms with Crippen LogP contribution in [-0.2, 0) is 0 Å². The summed E-state index contributed by atoms with van der Waals surface area (Å²) in [5, 5.41) is 0. The number of rotatable bonds is 7. The lowest BCUT2D eigenvalue weighted by atomic mass is 10.1. The lowest BCUT2D eigenvalue weighted by Gasteiger charge is -2.09. The molecule has 3 heteroatoms. The van der Waals surface area contributed by atoms with Gasteiger partial charge in [0.1, 0.15) is 0 Å². The normalized spacial score (nSPS) is 13.8. The molecule has 1 unspecified atom stereocenters. The zero-order valence-electron chi connectivity index (χ0n) is 8.15. The van der Waals surface area contributed by atoms with Crippen LogP contribution in [0.4, 0.5) is 0 Å². The molecule has 0 aromatic rings. The number of hydrogen-bond acceptors (Lipinski definition) is 0. The first kappa shape index (κ1) is 12.8. The SMILES string of the molecule is CCCCCCCC(C)[SiH](Cl)Cl. The van der Waals surface area contributed by atoms with E-state index in [1.807, 2.05) is 0 Å². The van der Waals surface area contributed by atoms with Crippen molar-refractivity contribution in [3.63, 3.8) is 0 Å². The third-order valence-electron chi connectivity index (χ3n) is 2.19. The van der Waals surface area contributed by atoms with E-state index in [0.717, 1.165) is 0 Å². The van der Waals surface area contributed by atoms with Gasteiger partial charge in [-0.3, -0.25) is 0 Å². The topological polar surface area (TPSA) is 0 Å². The molecule has 0 nitrogen and oxygen atoms in total. The molecule has 0 saturated carbocycles. The average molecular weight is 227 g/mol. The van der Waals surface area contributed by atoms with Crippen LogP contribution in [0.15, 0.2) is 0 Å². The van der Waals surface area contributed by atoms with Gasteiger partial charge in [-0.2, -0.15) is 22.2 Å². The van der Waals surface area contributed by atoms with Gasteiger partial charge in [0.15, 0.2) is 0 Å². The zero-order chi connectivity index (χ0) is 9.40. The van der Waals surface area contributed by atoms with Gasteiger partial charge in [0.25, 0.3) is 0 Å². The first-order valence-electron chi connectivity index (χ1n) is 4.96. The van der Waals surface area contributed by atoms with Crippen LogP contribution in [0.5, 0.6) is 0 Å². The summed E-state index contributed by atoms with van der Waals surface area (Å²) in [6, 6.07) is 0. The Morgan fingerprint density at radius 3 is 2.17 bits per heavy atom. The van der Waals surface area contributed by atoms with Crippen molar-refractivity contribution >= 4 is 29.6 Å². The summed E-state index contributed by atoms with van der Waals surface area (Å²) in [5.41, 5.74) is 0.593. The van der Waals surface area contributed by atoms with Gasteiger partial charge in [0.05, 0.1) is 0 Å². The average Bonchev–Trinajstić information content (AvgIpc) is 2.03. The molecule has 0 amide bonds. The van der Waals surface area contributed by atoms with Crippen LogP contribution in [0.1, 0.15) is 52.4 Å². The lowest BCUT2D eigenvalue weighted by molar-refractivity contribution is 0.600. The van der Waals surface area contributed by atoms with Crippen molar-refractivity contribution < 1.29 is 0 Å². The van der Waals surface area contributed by atoms with E-state index in [2.05, 4.69) is 13.8 Å². The third kappa shape index (κ3) is 7.45. The predicted molar refractivity (Wildman–Crippen MR) is 61.7 cm³/mol. The maximum Gasteiger partial charge on any atom is 0.239 e. The molecule has 0 aromatic heterocycles. The Labute approximate surface area is 87.7 Å². The van der Waals surface area contributed by atoms with Crippen LogP contribution in [0.2, 0.25) is 5.54 Å². The van der Waals surface area contributed by atoms with Crippen LogP contribution in [0.25, 0.3) is 0 Å². The molecule has 0 saturated heterocycles. The fourth-order valence-electron chi connectivity index (χ4n) is 1.20. The second-order valence-electron chi connectivity index (χ2n) is 3.51. The maximum atomic E-state index is 5.87. The third-order valence-corrected chi connectivity index (χ3v) is 5.97. The molecule has 0 aliphatic rings. The van der Waals surface area contributed by atoms with E-state index in [9.17, 15) is 0 Å². The Kier molecular flexibility index (Phi) is 8.96. The molecule has 12 heavy (non-hydrogen) atoms. The summed E-state index contributed by atoms with van der Waals surface area (Å²) in [7, 11) is -1.38. The first-order chi connectivity index (χ1) is 5.68. The van der Waals surface area contributed by atoms with Gasteiger partial charge in [-0.1, -0.05) is 52.4 Å². The summed E-state index contributed by atoms with van der Waals surface area (Å²) in [5.74, 6) is 0. The Morgan fingerprint density at radius 1 is 1.08 bits per heavy atom. The van der Waals surface area contributed by atoms with Crippen LogP contribution >= 0.6 is 22.2 Å². The van der Waals surface area contributed by atoms with E-state index in [0.29, 0.717) is 5.54 Å². The monoisotopic (exact) mass is 226 g/mol. The summed E-state index contributed by atoms with van der Waals surface area (Å²) in [4.78, 5) is 0. The second-order valence-corrected chi connectivity index (χ2v) is 8.81. The Bertz CT molecular complexity index is 96.5. The van der Waals surface area contributed by atoms with Gasteiger partial charge >= 0.3 is 0 Å². The van der Waals surface area contributed by atoms with Crippen LogP contribution in [0.3, 0.4) is 0 Å². The molecule has 0 heterocycles. The molecule has 0 radical (unpaired) electrons. The lowest BCUT2D eigenvalue weighted by Crippen LogP contribution is -2.02. The fraction of sp³-hybridized carbons (Fsp3) is 1.00. The predicted octanol–water partition coefficient (Wildman–Crippen LogP) is 4.44. The highest BCUT2D eigenvalue weighted by molar-refractivity contribution is 7.34. The Morgan fingerprint density at radius 2 is 1.67 bits per heavy atom. The summed E-state index contributed by atoms with van der Waals surface area (Å²) >= 11 is 11.7. The number of hydrogen-bond donors (Lipinski definition) is 0. The number of halogens is 2. The summed E-state index contributed by atoms with van der Waals surface area (Å²) in [6.45, 7) is 4.42. The maximum absolute atomic E-state index is 5.87. The molecule has 1 atom stereocenters. The minimum absolute atomic E-state index is 0.593. The van der Waals surface area contributed by atoms with Gasteiger partial charge in [0, 0.05) is 0 Å². The fourth-order valence-corrected chi connectivity index (χ4v) is 2.44. The van der Waals surface area contributed by atoms with E-state index in [1.54, 1.807) is 0 Å². The summed E-state index contributed by atoms with van der Waals surface area (Å²) < 4.78 is 0. The molecule has 0 aliphatic heterocycles. The smallest absolute Gasteiger partial charge is 0.150 e. The van der Waals surface area contributed by atoms with Gasteiger partial charge in [-0.05, 0) is 5.54 Å². The molecule has 74 valence electrons. The highest BCUT2D eigenvalue weighted by atomic mass is 35.7. The van der Waals surface area contributed by atoms with Gasteiger partial charge < -0.3 is 0 Å². The molecule has 0 aromatic carbocycles. The van der Waals surface area contributed by atoms with Crippen molar-refractivity contribution in [1.29, 1.82) is 0 Å². The summed E-state index contributed by atoms with van der Waals surface area (Å²) in [6.07, 6.45) is 7.96. The molecular formula is C9H20Cl2Si. The molecular weight excluding hydrogens is 207 g/mol. The first-order valence-corrected chi connectivity index (χ1v) is 9.12. The van der Waals surface area contributed by atoms with Crippen LogP contribution < -0.4 is 0 Å². The second kappa shape index (κ2) is 8.40. The van der Waals surface area contributed by atoms with E-state index in [-0.39, 0.29) is 0 Å². The van der Waals surface area contributed by atoms with Gasteiger partial charge in [0.2, 0.25) is 7.42 Å². The van der Waals surface area contributed by atoms with Gasteiger partial charge in [-0.25, -0.2) is 0 Å². The molecule has 0 spiro atoms. The van der Waals surface area contributed by atoms with Crippen LogP contribution in [-0.4, -0.2) is 7.42 Å². The van der Waals surface area contributed by atoms with Crippen LogP contribution in [0, 0.1) is 0 Å². The standard InChI is InChI=1S/C9H20Cl2Si/c1-3-4-5-6-7-8-9(2)12(10)11/h9,12H,3-8H2,1-2H3. The Balaban J connectivity index is 3.08. The van der Waals surface area contributed by atoms with Crippen molar-refractivity contribution in [2.24, 2.45) is 0 Å². The van der Waals surface area contributed by atoms with E-state index >= 15 is 0 Å².